The normalized spacial score (nSPS) is 13.3. The number of halogens is 1. The lowest BCUT2D eigenvalue weighted by atomic mass is 10.1. The number of para-hydroxylation sites is 1. The van der Waals surface area contributed by atoms with E-state index in [1.807, 2.05) is 24.3 Å². The van der Waals surface area contributed by atoms with Crippen molar-refractivity contribution in [2.24, 2.45) is 0 Å². The van der Waals surface area contributed by atoms with Gasteiger partial charge in [-0.2, -0.15) is 0 Å². The van der Waals surface area contributed by atoms with E-state index < -0.39 is 11.8 Å². The maximum atomic E-state index is 14.9. The molecule has 0 unspecified atom stereocenters. The molecule has 0 aliphatic carbocycles. The van der Waals surface area contributed by atoms with E-state index in [0.29, 0.717) is 54.6 Å². The van der Waals surface area contributed by atoms with Crippen molar-refractivity contribution in [3.8, 4) is 22.7 Å². The van der Waals surface area contributed by atoms with E-state index in [4.69, 9.17) is 9.47 Å². The number of amides is 3. The van der Waals surface area contributed by atoms with Crippen LogP contribution in [-0.2, 0) is 9.53 Å². The molecule has 38 heavy (non-hydrogen) atoms. The summed E-state index contributed by atoms with van der Waals surface area (Å²) < 4.78 is 26.7. The molecular formula is C28H31FN4O5. The van der Waals surface area contributed by atoms with Gasteiger partial charge in [0.15, 0.2) is 0 Å². The number of methoxy groups -OCH3 is 1. The van der Waals surface area contributed by atoms with Crippen LogP contribution in [0.4, 0.5) is 9.18 Å². The summed E-state index contributed by atoms with van der Waals surface area (Å²) in [5.41, 5.74) is 2.90. The summed E-state index contributed by atoms with van der Waals surface area (Å²) in [6.07, 6.45) is 0. The van der Waals surface area contributed by atoms with Crippen molar-refractivity contribution >= 4 is 17.9 Å². The second kappa shape index (κ2) is 11.8. The molecule has 2 heterocycles. The number of ether oxygens (including phenoxy) is 2. The van der Waals surface area contributed by atoms with Gasteiger partial charge in [-0.3, -0.25) is 9.59 Å². The van der Waals surface area contributed by atoms with Gasteiger partial charge in [-0.25, -0.2) is 9.18 Å². The molecule has 0 radical (unpaired) electrons. The van der Waals surface area contributed by atoms with E-state index in [0.717, 1.165) is 5.56 Å². The molecule has 1 aromatic heterocycles. The monoisotopic (exact) mass is 522 g/mol. The maximum Gasteiger partial charge on any atom is 0.325 e. The number of aromatic nitrogens is 1. The lowest BCUT2D eigenvalue weighted by Crippen LogP contribution is -2.53. The highest BCUT2D eigenvalue weighted by atomic mass is 19.1. The molecule has 4 rings (SSSR count). The van der Waals surface area contributed by atoms with Gasteiger partial charge < -0.3 is 29.2 Å². The fraction of sp³-hybridized carbons (Fsp3) is 0.321. The standard InChI is InChI=1S/C28H31FN4O5/c1-4-38-26(34)18-30-28(36)32-15-13-31(14-16-32)27(35)22-17-25(20-9-11-21(37-3)12-10-20)33(19(22)2)24-8-6-5-7-23(24)29/h5-12,17H,4,13-16,18H2,1-3H3,(H,30,36). The highest BCUT2D eigenvalue weighted by Gasteiger charge is 2.28. The van der Waals surface area contributed by atoms with Crippen molar-refractivity contribution in [1.82, 2.24) is 19.7 Å². The van der Waals surface area contributed by atoms with Crippen molar-refractivity contribution in [2.75, 3.05) is 46.4 Å². The molecule has 10 heteroatoms. The largest absolute Gasteiger partial charge is 0.497 e. The van der Waals surface area contributed by atoms with E-state index in [-0.39, 0.29) is 25.1 Å². The number of hydrogen-bond donors (Lipinski definition) is 1. The van der Waals surface area contributed by atoms with Crippen molar-refractivity contribution < 1.29 is 28.2 Å². The van der Waals surface area contributed by atoms with E-state index in [2.05, 4.69) is 5.32 Å². The van der Waals surface area contributed by atoms with Gasteiger partial charge in [0.25, 0.3) is 5.91 Å². The Morgan fingerprint density at radius 3 is 2.26 bits per heavy atom. The molecule has 1 fully saturated rings. The van der Waals surface area contributed by atoms with Crippen molar-refractivity contribution in [3.63, 3.8) is 0 Å². The molecule has 200 valence electrons. The van der Waals surface area contributed by atoms with Crippen LogP contribution in [0.1, 0.15) is 23.0 Å². The summed E-state index contributed by atoms with van der Waals surface area (Å²) in [6, 6.07) is 15.2. The number of nitrogens with zero attached hydrogens (tertiary/aromatic N) is 3. The molecular weight excluding hydrogens is 491 g/mol. The van der Waals surface area contributed by atoms with Gasteiger partial charge in [-0.1, -0.05) is 12.1 Å². The Morgan fingerprint density at radius 1 is 0.974 bits per heavy atom. The summed E-state index contributed by atoms with van der Waals surface area (Å²) in [5, 5.41) is 2.54. The van der Waals surface area contributed by atoms with Gasteiger partial charge in [-0.15, -0.1) is 0 Å². The summed E-state index contributed by atoms with van der Waals surface area (Å²) in [7, 11) is 1.59. The number of esters is 1. The Hall–Kier alpha value is -4.34. The summed E-state index contributed by atoms with van der Waals surface area (Å²) in [6.45, 7) is 4.82. The number of benzene rings is 2. The molecule has 0 spiro atoms. The average molecular weight is 523 g/mol. The molecule has 0 bridgehead atoms. The van der Waals surface area contributed by atoms with Gasteiger partial charge in [0.2, 0.25) is 0 Å². The van der Waals surface area contributed by atoms with E-state index in [1.165, 1.54) is 6.07 Å². The van der Waals surface area contributed by atoms with Crippen LogP contribution >= 0.6 is 0 Å². The Labute approximate surface area is 220 Å². The number of urea groups is 1. The molecule has 1 aliphatic heterocycles. The zero-order valence-corrected chi connectivity index (χ0v) is 21.7. The first kappa shape index (κ1) is 26.7. The van der Waals surface area contributed by atoms with Crippen LogP contribution in [0.5, 0.6) is 5.75 Å². The minimum absolute atomic E-state index is 0.195. The van der Waals surface area contributed by atoms with Gasteiger partial charge in [-0.05, 0) is 61.9 Å². The molecule has 3 amide bonds. The highest BCUT2D eigenvalue weighted by Crippen LogP contribution is 2.32. The Morgan fingerprint density at radius 2 is 1.63 bits per heavy atom. The van der Waals surface area contributed by atoms with Crippen molar-refractivity contribution in [2.45, 2.75) is 13.8 Å². The van der Waals surface area contributed by atoms with E-state index in [9.17, 15) is 18.8 Å². The second-order valence-electron chi connectivity index (χ2n) is 8.79. The number of carbonyl (C=O) groups excluding carboxylic acids is 3. The Bertz CT molecular complexity index is 1310. The molecule has 1 aliphatic rings. The molecule has 0 atom stereocenters. The number of rotatable bonds is 7. The molecule has 3 aromatic rings. The quantitative estimate of drug-likeness (QED) is 0.479. The number of nitrogens with one attached hydrogen (secondary N) is 1. The van der Waals surface area contributed by atoms with Crippen LogP contribution in [0.2, 0.25) is 0 Å². The molecule has 1 N–H and O–H groups in total. The van der Waals surface area contributed by atoms with Crippen LogP contribution < -0.4 is 10.1 Å². The first-order chi connectivity index (χ1) is 18.3. The van der Waals surface area contributed by atoms with Crippen LogP contribution in [0.15, 0.2) is 54.6 Å². The number of piperazine rings is 1. The minimum Gasteiger partial charge on any atom is -0.497 e. The fourth-order valence-corrected chi connectivity index (χ4v) is 4.50. The van der Waals surface area contributed by atoms with Crippen LogP contribution in [0, 0.1) is 12.7 Å². The van der Waals surface area contributed by atoms with Gasteiger partial charge in [0.1, 0.15) is 18.1 Å². The summed E-state index contributed by atoms with van der Waals surface area (Å²) >= 11 is 0. The van der Waals surface area contributed by atoms with E-state index >= 15 is 0 Å². The van der Waals surface area contributed by atoms with Gasteiger partial charge >= 0.3 is 12.0 Å². The van der Waals surface area contributed by atoms with Crippen LogP contribution in [0.25, 0.3) is 16.9 Å². The SMILES string of the molecule is CCOC(=O)CNC(=O)N1CCN(C(=O)c2cc(-c3ccc(OC)cc3)n(-c3ccccc3F)c2C)CC1. The second-order valence-corrected chi connectivity index (χ2v) is 8.79. The Kier molecular flexibility index (Phi) is 8.30. The summed E-state index contributed by atoms with van der Waals surface area (Å²) in [5.74, 6) is -0.409. The summed E-state index contributed by atoms with van der Waals surface area (Å²) in [4.78, 5) is 40.8. The third kappa shape index (κ3) is 5.64. The third-order valence-corrected chi connectivity index (χ3v) is 6.50. The van der Waals surface area contributed by atoms with Crippen LogP contribution in [0.3, 0.4) is 0 Å². The number of carbonyl (C=O) groups is 3. The predicted octanol–water partition coefficient (Wildman–Crippen LogP) is 3.63. The zero-order chi connectivity index (χ0) is 27.2. The maximum absolute atomic E-state index is 14.9. The lowest BCUT2D eigenvalue weighted by molar-refractivity contribution is -0.141. The lowest BCUT2D eigenvalue weighted by Gasteiger charge is -2.34. The van der Waals surface area contributed by atoms with Gasteiger partial charge in [0.05, 0.1) is 30.7 Å². The molecule has 2 aromatic carbocycles. The Balaban J connectivity index is 1.56. The number of hydrogen-bond acceptors (Lipinski definition) is 5. The topological polar surface area (TPSA) is 93.1 Å². The molecule has 1 saturated heterocycles. The smallest absolute Gasteiger partial charge is 0.325 e. The molecule has 0 saturated carbocycles. The van der Waals surface area contributed by atoms with Crippen molar-refractivity contribution in [3.05, 3.63) is 71.7 Å². The average Bonchev–Trinajstić information content (AvgIpc) is 3.28. The van der Waals surface area contributed by atoms with E-state index in [1.54, 1.807) is 59.6 Å². The zero-order valence-electron chi connectivity index (χ0n) is 21.7. The molecule has 9 nitrogen and oxygen atoms in total. The van der Waals surface area contributed by atoms with Crippen LogP contribution in [-0.4, -0.2) is 78.7 Å². The first-order valence-corrected chi connectivity index (χ1v) is 12.4. The third-order valence-electron chi connectivity index (χ3n) is 6.50. The predicted molar refractivity (Wildman–Crippen MR) is 140 cm³/mol. The van der Waals surface area contributed by atoms with Gasteiger partial charge in [0, 0.05) is 31.9 Å². The first-order valence-electron chi connectivity index (χ1n) is 12.4. The highest BCUT2D eigenvalue weighted by molar-refractivity contribution is 5.97. The fourth-order valence-electron chi connectivity index (χ4n) is 4.50. The minimum atomic E-state index is -0.503. The van der Waals surface area contributed by atoms with Crippen molar-refractivity contribution in [1.29, 1.82) is 0 Å².